The average molecular weight is 574 g/mol. The van der Waals surface area contributed by atoms with Crippen LogP contribution in [0, 0.1) is 5.92 Å². The van der Waals surface area contributed by atoms with Gasteiger partial charge in [-0.1, -0.05) is 49.2 Å². The fourth-order valence-corrected chi connectivity index (χ4v) is 3.96. The van der Waals surface area contributed by atoms with Crippen LogP contribution in [0.15, 0.2) is 64.1 Å². The van der Waals surface area contributed by atoms with Crippen molar-refractivity contribution in [1.82, 2.24) is 10.7 Å². The molecule has 0 aliphatic carbocycles. The van der Waals surface area contributed by atoms with Gasteiger partial charge in [-0.3, -0.25) is 9.59 Å². The molecule has 2 amide bonds. The molecule has 9 nitrogen and oxygen atoms in total. The molecular weight excluding hydrogens is 545 g/mol. The summed E-state index contributed by atoms with van der Waals surface area (Å²) < 4.78 is 16.1. The molecule has 2 N–H and O–H groups in total. The lowest BCUT2D eigenvalue weighted by Crippen LogP contribution is -2.49. The fraction of sp³-hybridized carbons (Fsp3) is 0.286. The normalized spacial score (nSPS) is 12.7. The van der Waals surface area contributed by atoms with Gasteiger partial charge >= 0.3 is 5.97 Å². The van der Waals surface area contributed by atoms with E-state index in [1.54, 1.807) is 55.5 Å². The van der Waals surface area contributed by atoms with Crippen LogP contribution in [0.3, 0.4) is 0 Å². The van der Waals surface area contributed by atoms with Gasteiger partial charge in [0, 0.05) is 10.6 Å². The van der Waals surface area contributed by atoms with Crippen molar-refractivity contribution >= 4 is 47.2 Å². The molecule has 3 aromatic rings. The van der Waals surface area contributed by atoms with E-state index in [-0.39, 0.29) is 10.9 Å². The number of benzene rings is 2. The quantitative estimate of drug-likeness (QED) is 0.178. The number of furan rings is 1. The number of ether oxygens (including phenoxy) is 2. The number of esters is 1. The first-order chi connectivity index (χ1) is 18.6. The van der Waals surface area contributed by atoms with Crippen molar-refractivity contribution in [3.05, 3.63) is 76.0 Å². The minimum atomic E-state index is -0.919. The molecule has 0 aliphatic rings. The zero-order chi connectivity index (χ0) is 28.5. The van der Waals surface area contributed by atoms with Gasteiger partial charge in [-0.25, -0.2) is 10.2 Å². The molecule has 0 radical (unpaired) electrons. The third kappa shape index (κ3) is 8.59. The van der Waals surface area contributed by atoms with Crippen LogP contribution < -0.4 is 15.5 Å². The van der Waals surface area contributed by atoms with E-state index in [1.807, 2.05) is 13.8 Å². The van der Waals surface area contributed by atoms with Crippen LogP contribution in [-0.4, -0.2) is 43.3 Å². The molecule has 11 heteroatoms. The number of carbonyl (C=O) groups excluding carboxylic acids is 3. The Hall–Kier alpha value is -3.82. The zero-order valence-electron chi connectivity index (χ0n) is 21.9. The molecule has 206 valence electrons. The van der Waals surface area contributed by atoms with Gasteiger partial charge in [-0.15, -0.1) is 0 Å². The van der Waals surface area contributed by atoms with Gasteiger partial charge in [-0.05, 0) is 61.7 Å². The molecule has 0 spiro atoms. The first-order valence-corrected chi connectivity index (χ1v) is 12.9. The lowest BCUT2D eigenvalue weighted by atomic mass is 10.0. The number of hydrogen-bond acceptors (Lipinski definition) is 7. The Kier molecular flexibility index (Phi) is 10.5. The Morgan fingerprint density at radius 3 is 2.36 bits per heavy atom. The summed E-state index contributed by atoms with van der Waals surface area (Å²) in [6.07, 6.45) is 0.818. The summed E-state index contributed by atoms with van der Waals surface area (Å²) in [5.41, 5.74) is 3.63. The number of rotatable bonds is 11. The number of amides is 2. The standard InChI is InChI=1S/C28H29Cl2N3O6/c1-16(2)13-23(32-26(34)17(3)38-25-11-9-20(29)14-22(25)30)27(35)33-31-15-21-10-12-24(39-21)18-5-7-19(8-6-18)28(36)37-4/h5-12,14-17,23H,13H2,1-4H3,(H,32,34)(H,33,35)/b31-15-/t17-,23-/m1/s1. The molecule has 2 atom stereocenters. The van der Waals surface area contributed by atoms with E-state index >= 15 is 0 Å². The summed E-state index contributed by atoms with van der Waals surface area (Å²) in [5, 5.41) is 7.40. The third-order valence-electron chi connectivity index (χ3n) is 5.49. The van der Waals surface area contributed by atoms with Crippen molar-refractivity contribution in [2.75, 3.05) is 7.11 Å². The molecule has 2 aromatic carbocycles. The molecule has 0 unspecified atom stereocenters. The van der Waals surface area contributed by atoms with E-state index in [2.05, 4.69) is 15.8 Å². The van der Waals surface area contributed by atoms with Crippen molar-refractivity contribution in [3.8, 4) is 17.1 Å². The first-order valence-electron chi connectivity index (χ1n) is 12.1. The molecule has 0 saturated carbocycles. The summed E-state index contributed by atoms with van der Waals surface area (Å²) in [6.45, 7) is 5.43. The fourth-order valence-electron chi connectivity index (χ4n) is 3.51. The van der Waals surface area contributed by atoms with Crippen molar-refractivity contribution in [1.29, 1.82) is 0 Å². The number of nitrogens with one attached hydrogen (secondary N) is 2. The first kappa shape index (κ1) is 29.7. The Morgan fingerprint density at radius 1 is 1.00 bits per heavy atom. The Morgan fingerprint density at radius 2 is 1.72 bits per heavy atom. The van der Waals surface area contributed by atoms with Crippen LogP contribution in [0.2, 0.25) is 10.0 Å². The predicted octanol–water partition coefficient (Wildman–Crippen LogP) is 5.49. The van der Waals surface area contributed by atoms with Crippen LogP contribution in [0.1, 0.15) is 43.3 Å². The van der Waals surface area contributed by atoms with E-state index in [9.17, 15) is 14.4 Å². The Balaban J connectivity index is 1.59. The van der Waals surface area contributed by atoms with Crippen molar-refractivity contribution in [2.24, 2.45) is 11.0 Å². The summed E-state index contributed by atoms with van der Waals surface area (Å²) in [6, 6.07) is 14.0. The third-order valence-corrected chi connectivity index (χ3v) is 6.02. The molecule has 0 aliphatic heterocycles. The largest absolute Gasteiger partial charge is 0.479 e. The average Bonchev–Trinajstić information content (AvgIpc) is 3.38. The van der Waals surface area contributed by atoms with Crippen LogP contribution in [0.25, 0.3) is 11.3 Å². The topological polar surface area (TPSA) is 119 Å². The number of methoxy groups -OCH3 is 1. The molecule has 0 fully saturated rings. The second kappa shape index (κ2) is 13.8. The maximum absolute atomic E-state index is 12.8. The van der Waals surface area contributed by atoms with Crippen LogP contribution in [-0.2, 0) is 14.3 Å². The summed E-state index contributed by atoms with van der Waals surface area (Å²) >= 11 is 12.0. The van der Waals surface area contributed by atoms with E-state index in [0.29, 0.717) is 34.3 Å². The summed E-state index contributed by atoms with van der Waals surface area (Å²) in [7, 11) is 1.32. The molecule has 39 heavy (non-hydrogen) atoms. The highest BCUT2D eigenvalue weighted by Crippen LogP contribution is 2.28. The molecular formula is C28H29Cl2N3O6. The van der Waals surface area contributed by atoms with Gasteiger partial charge in [0.2, 0.25) is 0 Å². The van der Waals surface area contributed by atoms with Crippen LogP contribution in [0.4, 0.5) is 0 Å². The highest BCUT2D eigenvalue weighted by molar-refractivity contribution is 6.35. The second-order valence-electron chi connectivity index (χ2n) is 9.03. The van der Waals surface area contributed by atoms with Gasteiger partial charge < -0.3 is 19.2 Å². The van der Waals surface area contributed by atoms with Crippen molar-refractivity contribution in [2.45, 2.75) is 39.3 Å². The highest BCUT2D eigenvalue weighted by atomic mass is 35.5. The number of hydrazone groups is 1. The van der Waals surface area contributed by atoms with Gasteiger partial charge in [0.05, 0.1) is 23.9 Å². The van der Waals surface area contributed by atoms with Crippen molar-refractivity contribution < 1.29 is 28.3 Å². The lowest BCUT2D eigenvalue weighted by Gasteiger charge is -2.22. The van der Waals surface area contributed by atoms with Gasteiger partial charge in [-0.2, -0.15) is 5.10 Å². The number of halogens is 2. The Labute approximate surface area is 236 Å². The van der Waals surface area contributed by atoms with Crippen LogP contribution in [0.5, 0.6) is 5.75 Å². The lowest BCUT2D eigenvalue weighted by molar-refractivity contribution is -0.132. The Bertz CT molecular complexity index is 1340. The zero-order valence-corrected chi connectivity index (χ0v) is 23.4. The van der Waals surface area contributed by atoms with Gasteiger partial charge in [0.1, 0.15) is 23.3 Å². The number of carbonyl (C=O) groups is 3. The highest BCUT2D eigenvalue weighted by Gasteiger charge is 2.25. The molecule has 1 heterocycles. The second-order valence-corrected chi connectivity index (χ2v) is 9.87. The van der Waals surface area contributed by atoms with E-state index in [1.165, 1.54) is 19.4 Å². The minimum Gasteiger partial charge on any atom is -0.479 e. The monoisotopic (exact) mass is 573 g/mol. The SMILES string of the molecule is COC(=O)c1ccc(-c2ccc(/C=N\NC(=O)[C@@H](CC(C)C)NC(=O)[C@@H](C)Oc3ccc(Cl)cc3Cl)o2)cc1. The number of hydrogen-bond donors (Lipinski definition) is 2. The molecule has 3 rings (SSSR count). The maximum atomic E-state index is 12.8. The summed E-state index contributed by atoms with van der Waals surface area (Å²) in [4.78, 5) is 37.2. The smallest absolute Gasteiger partial charge is 0.337 e. The van der Waals surface area contributed by atoms with Crippen molar-refractivity contribution in [3.63, 3.8) is 0 Å². The minimum absolute atomic E-state index is 0.116. The molecule has 1 aromatic heterocycles. The summed E-state index contributed by atoms with van der Waals surface area (Å²) in [5.74, 6) is -0.0347. The predicted molar refractivity (Wildman–Crippen MR) is 149 cm³/mol. The number of nitrogens with zero attached hydrogens (tertiary/aromatic N) is 1. The molecule has 0 saturated heterocycles. The van der Waals surface area contributed by atoms with E-state index in [4.69, 9.17) is 37.1 Å². The van der Waals surface area contributed by atoms with Crippen LogP contribution >= 0.6 is 23.2 Å². The maximum Gasteiger partial charge on any atom is 0.337 e. The van der Waals surface area contributed by atoms with E-state index < -0.39 is 29.9 Å². The molecule has 0 bridgehead atoms. The van der Waals surface area contributed by atoms with Gasteiger partial charge in [0.25, 0.3) is 11.8 Å². The van der Waals surface area contributed by atoms with Gasteiger partial charge in [0.15, 0.2) is 6.10 Å². The van der Waals surface area contributed by atoms with E-state index in [0.717, 1.165) is 5.56 Å².